The average Bonchev–Trinajstić information content (AvgIpc) is 2.86. The number of guanidine groups is 2. The van der Waals surface area contributed by atoms with Crippen molar-refractivity contribution in [3.8, 4) is 0 Å². The van der Waals surface area contributed by atoms with E-state index in [0.29, 0.717) is 11.1 Å². The van der Waals surface area contributed by atoms with Crippen LogP contribution in [0.5, 0.6) is 0 Å². The van der Waals surface area contributed by atoms with E-state index in [1.807, 2.05) is 23.1 Å². The van der Waals surface area contributed by atoms with Gasteiger partial charge in [-0.15, -0.1) is 0 Å². The van der Waals surface area contributed by atoms with Gasteiger partial charge in [-0.2, -0.15) is 4.99 Å². The highest BCUT2D eigenvalue weighted by Crippen LogP contribution is 2.40. The number of thiazole rings is 1. The molecule has 23 heavy (non-hydrogen) atoms. The van der Waals surface area contributed by atoms with Crippen LogP contribution in [0.15, 0.2) is 28.2 Å². The molecule has 1 spiro atoms. The van der Waals surface area contributed by atoms with Gasteiger partial charge in [0.2, 0.25) is 11.9 Å². The molecular formula is C15H19N7S. The molecule has 0 radical (unpaired) electrons. The summed E-state index contributed by atoms with van der Waals surface area (Å²) in [4.78, 5) is 15.2. The van der Waals surface area contributed by atoms with Crippen molar-refractivity contribution in [1.29, 1.82) is 0 Å². The highest BCUT2D eigenvalue weighted by Gasteiger charge is 2.42. The first-order valence-electron chi connectivity index (χ1n) is 7.73. The summed E-state index contributed by atoms with van der Waals surface area (Å²) in [7, 11) is 0. The van der Waals surface area contributed by atoms with Gasteiger partial charge in [0.25, 0.3) is 0 Å². The Balaban J connectivity index is 1.83. The second-order valence-electron chi connectivity index (χ2n) is 6.02. The molecule has 1 aromatic heterocycles. The Kier molecular flexibility index (Phi) is 3.15. The predicted molar refractivity (Wildman–Crippen MR) is 95.6 cm³/mol. The Hall–Kier alpha value is -2.35. The van der Waals surface area contributed by atoms with E-state index in [4.69, 9.17) is 17.2 Å². The Morgan fingerprint density at radius 3 is 2.65 bits per heavy atom. The maximum atomic E-state index is 6.23. The molecule has 0 saturated heterocycles. The molecule has 1 aliphatic carbocycles. The van der Waals surface area contributed by atoms with E-state index in [1.165, 1.54) is 17.8 Å². The minimum Gasteiger partial charge on any atom is -0.375 e. The summed E-state index contributed by atoms with van der Waals surface area (Å²) in [5.74, 6) is 0.654. The van der Waals surface area contributed by atoms with E-state index in [1.54, 1.807) is 0 Å². The topological polar surface area (TPSA) is 119 Å². The first-order valence-corrected chi connectivity index (χ1v) is 8.55. The number of anilines is 2. The third kappa shape index (κ3) is 2.29. The van der Waals surface area contributed by atoms with E-state index >= 15 is 0 Å². The summed E-state index contributed by atoms with van der Waals surface area (Å²) in [5, 5.41) is 0.562. The molecule has 4 rings (SSSR count). The molecule has 7 nitrogen and oxygen atoms in total. The van der Waals surface area contributed by atoms with Gasteiger partial charge in [0.1, 0.15) is 5.66 Å². The monoisotopic (exact) mass is 329 g/mol. The summed E-state index contributed by atoms with van der Waals surface area (Å²) in [6, 6.07) is 6.04. The zero-order valence-corrected chi connectivity index (χ0v) is 13.5. The smallest absolute Gasteiger partial charge is 0.220 e. The highest BCUT2D eigenvalue weighted by molar-refractivity contribution is 7.22. The molecular weight excluding hydrogens is 310 g/mol. The molecule has 8 heteroatoms. The van der Waals surface area contributed by atoms with Crippen LogP contribution >= 0.6 is 11.3 Å². The standard InChI is InChI=1S/C15H19N7S/c16-12-20-13(17)22(15(21-12)6-2-1-3-7-15)9-4-5-11-10(8-9)19-14(18)23-11/h4-5,8H,1-3,6-7H2,(H2,18,19)(H4,16,17,20,21). The number of hydrogen-bond acceptors (Lipinski definition) is 8. The fourth-order valence-corrected chi connectivity index (χ4v) is 4.28. The number of hydrogen-bond donors (Lipinski definition) is 3. The van der Waals surface area contributed by atoms with Gasteiger partial charge in [-0.3, -0.25) is 4.90 Å². The number of rotatable bonds is 1. The summed E-state index contributed by atoms with van der Waals surface area (Å²) >= 11 is 1.47. The van der Waals surface area contributed by atoms with E-state index in [9.17, 15) is 0 Å². The molecule has 120 valence electrons. The molecule has 2 heterocycles. The maximum absolute atomic E-state index is 6.23. The van der Waals surface area contributed by atoms with Crippen LogP contribution in [0.3, 0.4) is 0 Å². The van der Waals surface area contributed by atoms with E-state index in [2.05, 4.69) is 15.0 Å². The molecule has 0 amide bonds. The Bertz CT molecular complexity index is 816. The van der Waals surface area contributed by atoms with E-state index < -0.39 is 5.66 Å². The fraction of sp³-hybridized carbons (Fsp3) is 0.400. The molecule has 1 aromatic carbocycles. The number of nitrogens with two attached hydrogens (primary N) is 3. The molecule has 2 aromatic rings. The molecule has 0 bridgehead atoms. The van der Waals surface area contributed by atoms with Crippen molar-refractivity contribution < 1.29 is 0 Å². The second-order valence-corrected chi connectivity index (χ2v) is 7.08. The lowest BCUT2D eigenvalue weighted by atomic mass is 9.87. The minimum atomic E-state index is -0.427. The van der Waals surface area contributed by atoms with Crippen LogP contribution in [-0.2, 0) is 0 Å². The quantitative estimate of drug-likeness (QED) is 0.739. The first kappa shape index (κ1) is 14.3. The van der Waals surface area contributed by atoms with Crippen LogP contribution in [-0.4, -0.2) is 22.6 Å². The molecule has 1 fully saturated rings. The van der Waals surface area contributed by atoms with Crippen LogP contribution in [0.2, 0.25) is 0 Å². The number of benzene rings is 1. The zero-order valence-electron chi connectivity index (χ0n) is 12.7. The van der Waals surface area contributed by atoms with Gasteiger partial charge in [-0.05, 0) is 43.9 Å². The van der Waals surface area contributed by atoms with Crippen molar-refractivity contribution in [2.45, 2.75) is 37.8 Å². The number of nitrogens with zero attached hydrogens (tertiary/aromatic N) is 4. The van der Waals surface area contributed by atoms with Crippen LogP contribution in [0, 0.1) is 0 Å². The lowest BCUT2D eigenvalue weighted by Crippen LogP contribution is -2.58. The normalized spacial score (nSPS) is 20.6. The molecule has 1 saturated carbocycles. The van der Waals surface area contributed by atoms with Crippen LogP contribution in [0.25, 0.3) is 10.2 Å². The maximum Gasteiger partial charge on any atom is 0.220 e. The summed E-state index contributed by atoms with van der Waals surface area (Å²) in [5.41, 5.74) is 19.3. The fourth-order valence-electron chi connectivity index (χ4n) is 3.57. The number of fused-ring (bicyclic) bond motifs is 1. The van der Waals surface area contributed by atoms with E-state index in [-0.39, 0.29) is 5.96 Å². The number of aliphatic imine (C=N–C) groups is 2. The highest BCUT2D eigenvalue weighted by atomic mass is 32.1. The minimum absolute atomic E-state index is 0.264. The SMILES string of the molecule is NC1=NC2(CCCCC2)N(c2ccc3sc(N)nc3c2)C(N)=N1. The van der Waals surface area contributed by atoms with Gasteiger partial charge in [-0.1, -0.05) is 17.8 Å². The second kappa shape index (κ2) is 5.09. The Morgan fingerprint density at radius 1 is 1.09 bits per heavy atom. The lowest BCUT2D eigenvalue weighted by molar-refractivity contribution is 0.305. The van der Waals surface area contributed by atoms with Crippen LogP contribution < -0.4 is 22.1 Å². The van der Waals surface area contributed by atoms with Gasteiger partial charge >= 0.3 is 0 Å². The van der Waals surface area contributed by atoms with Crippen molar-refractivity contribution >= 4 is 44.3 Å². The Labute approximate surface area is 137 Å². The lowest BCUT2D eigenvalue weighted by Gasteiger charge is -2.45. The number of nitrogen functional groups attached to an aromatic ring is 1. The predicted octanol–water partition coefficient (Wildman–Crippen LogP) is 1.99. The molecule has 2 aliphatic rings. The first-order chi connectivity index (χ1) is 11.1. The summed E-state index contributed by atoms with van der Waals surface area (Å²) in [6.07, 6.45) is 5.25. The summed E-state index contributed by atoms with van der Waals surface area (Å²) in [6.45, 7) is 0. The van der Waals surface area contributed by atoms with Crippen molar-refractivity contribution in [3.63, 3.8) is 0 Å². The zero-order chi connectivity index (χ0) is 16.0. The van der Waals surface area contributed by atoms with Crippen molar-refractivity contribution in [2.24, 2.45) is 21.5 Å². The largest absolute Gasteiger partial charge is 0.375 e. The van der Waals surface area contributed by atoms with Gasteiger partial charge in [0.15, 0.2) is 5.13 Å². The van der Waals surface area contributed by atoms with Crippen molar-refractivity contribution in [3.05, 3.63) is 18.2 Å². The van der Waals surface area contributed by atoms with Gasteiger partial charge in [0, 0.05) is 5.69 Å². The molecule has 1 aliphatic heterocycles. The molecule has 0 atom stereocenters. The van der Waals surface area contributed by atoms with Crippen LogP contribution in [0.4, 0.5) is 10.8 Å². The average molecular weight is 329 g/mol. The van der Waals surface area contributed by atoms with Gasteiger partial charge in [-0.25, -0.2) is 9.98 Å². The van der Waals surface area contributed by atoms with Crippen molar-refractivity contribution in [1.82, 2.24) is 4.98 Å². The Morgan fingerprint density at radius 2 is 1.87 bits per heavy atom. The third-order valence-electron chi connectivity index (χ3n) is 4.50. The van der Waals surface area contributed by atoms with Crippen LogP contribution in [0.1, 0.15) is 32.1 Å². The number of aromatic nitrogens is 1. The van der Waals surface area contributed by atoms with Gasteiger partial charge in [0.05, 0.1) is 10.2 Å². The third-order valence-corrected chi connectivity index (χ3v) is 5.36. The molecule has 0 unspecified atom stereocenters. The molecule has 6 N–H and O–H groups in total. The van der Waals surface area contributed by atoms with Crippen molar-refractivity contribution in [2.75, 3.05) is 10.6 Å². The summed E-state index contributed by atoms with van der Waals surface area (Å²) < 4.78 is 1.06. The van der Waals surface area contributed by atoms with Gasteiger partial charge < -0.3 is 17.2 Å². The van der Waals surface area contributed by atoms with E-state index in [0.717, 1.165) is 41.6 Å².